The van der Waals surface area contributed by atoms with Crippen LogP contribution in [0.2, 0.25) is 0 Å². The number of pyridine rings is 2. The Morgan fingerprint density at radius 3 is 3.00 bits per heavy atom. The molecule has 0 aliphatic rings. The van der Waals surface area contributed by atoms with Gasteiger partial charge < -0.3 is 10.5 Å². The summed E-state index contributed by atoms with van der Waals surface area (Å²) in [6.07, 6.45) is 4.65. The Kier molecular flexibility index (Phi) is 4.32. The molecule has 0 saturated heterocycles. The molecule has 0 saturated carbocycles. The van der Waals surface area contributed by atoms with Crippen LogP contribution in [-0.4, -0.2) is 43.6 Å². The highest BCUT2D eigenvalue weighted by atomic mass is 16.4. The summed E-state index contributed by atoms with van der Waals surface area (Å²) in [7, 11) is 0. The Balaban J connectivity index is 2.06. The summed E-state index contributed by atoms with van der Waals surface area (Å²) in [5, 5.41) is 21.3. The molecule has 0 fully saturated rings. The van der Waals surface area contributed by atoms with Gasteiger partial charge in [0.2, 0.25) is 0 Å². The number of oxime groups is 1. The van der Waals surface area contributed by atoms with E-state index in [2.05, 4.69) is 30.9 Å². The zero-order valence-corrected chi connectivity index (χ0v) is 12.8. The van der Waals surface area contributed by atoms with Crippen LogP contribution in [0.5, 0.6) is 0 Å². The lowest BCUT2D eigenvalue weighted by Gasteiger charge is -2.04. The van der Waals surface area contributed by atoms with Crippen molar-refractivity contribution in [3.8, 4) is 11.1 Å². The highest BCUT2D eigenvalue weighted by molar-refractivity contribution is 5.88. The van der Waals surface area contributed by atoms with Gasteiger partial charge in [0.25, 0.3) is 5.95 Å². The lowest BCUT2D eigenvalue weighted by atomic mass is 10.1. The van der Waals surface area contributed by atoms with E-state index in [1.54, 1.807) is 18.5 Å². The summed E-state index contributed by atoms with van der Waals surface area (Å²) in [6, 6.07) is 6.93. The average molecular weight is 325 g/mol. The van der Waals surface area contributed by atoms with Gasteiger partial charge in [-0.25, -0.2) is 9.31 Å². The van der Waals surface area contributed by atoms with Crippen molar-refractivity contribution < 1.29 is 10.0 Å². The zero-order chi connectivity index (χ0) is 16.9. The number of hydrogen-bond donors (Lipinski definition) is 3. The van der Waals surface area contributed by atoms with Crippen LogP contribution < -0.4 is 10.6 Å². The molecule has 0 atom stereocenters. The first-order valence-corrected chi connectivity index (χ1v) is 7.24. The highest BCUT2D eigenvalue weighted by Gasteiger charge is 2.11. The molecule has 2 amide bonds. The first-order chi connectivity index (χ1) is 11.7. The van der Waals surface area contributed by atoms with Crippen LogP contribution in [-0.2, 0) is 0 Å². The van der Waals surface area contributed by atoms with E-state index in [1.807, 2.05) is 25.1 Å². The third kappa shape index (κ3) is 3.14. The number of nitrogens with one attached hydrogen (secondary N) is 2. The largest absolute Gasteiger partial charge is 0.411 e. The minimum Gasteiger partial charge on any atom is -0.411 e. The minimum absolute atomic E-state index is 0.150. The molecule has 0 unspecified atom stereocenters. The number of anilines is 1. The molecule has 0 bridgehead atoms. The maximum atomic E-state index is 11.6. The maximum absolute atomic E-state index is 11.6. The summed E-state index contributed by atoms with van der Waals surface area (Å²) in [6.45, 7) is 2.31. The zero-order valence-electron chi connectivity index (χ0n) is 12.8. The lowest BCUT2D eigenvalue weighted by molar-refractivity contribution is 0.252. The molecule has 122 valence electrons. The summed E-state index contributed by atoms with van der Waals surface area (Å²) in [5.74, 6) is 0.150. The number of rotatable bonds is 4. The smallest absolute Gasteiger partial charge is 0.321 e. The Morgan fingerprint density at radius 2 is 2.29 bits per heavy atom. The van der Waals surface area contributed by atoms with Gasteiger partial charge in [-0.15, -0.1) is 5.10 Å². The molecule has 9 heteroatoms. The van der Waals surface area contributed by atoms with Crippen molar-refractivity contribution in [2.24, 2.45) is 5.16 Å². The predicted molar refractivity (Wildman–Crippen MR) is 88.3 cm³/mol. The van der Waals surface area contributed by atoms with Crippen molar-refractivity contribution in [3.63, 3.8) is 0 Å². The van der Waals surface area contributed by atoms with E-state index < -0.39 is 6.03 Å². The van der Waals surface area contributed by atoms with Gasteiger partial charge in [-0.05, 0) is 30.7 Å². The Morgan fingerprint density at radius 1 is 1.42 bits per heavy atom. The van der Waals surface area contributed by atoms with E-state index in [4.69, 9.17) is 5.21 Å². The third-order valence-electron chi connectivity index (χ3n) is 3.21. The molecule has 9 nitrogen and oxygen atoms in total. The topological polar surface area (TPSA) is 117 Å². The van der Waals surface area contributed by atoms with Gasteiger partial charge >= 0.3 is 6.03 Å². The second kappa shape index (κ2) is 6.73. The molecule has 3 aromatic rings. The number of fused-ring (bicyclic) bond motifs is 1. The normalized spacial score (nSPS) is 11.0. The van der Waals surface area contributed by atoms with Crippen LogP contribution in [0.3, 0.4) is 0 Å². The Bertz CT molecular complexity index is 889. The van der Waals surface area contributed by atoms with Crippen molar-refractivity contribution in [1.82, 2.24) is 24.9 Å². The number of hydrogen-bond acceptors (Lipinski definition) is 6. The van der Waals surface area contributed by atoms with Crippen molar-refractivity contribution in [2.45, 2.75) is 6.92 Å². The monoisotopic (exact) mass is 325 g/mol. The molecule has 3 heterocycles. The SMILES string of the molecule is CCNC(=O)Nc1nc2cc(-c3cccnc3)cc(/C=N/O)n2n1. The summed E-state index contributed by atoms with van der Waals surface area (Å²) in [5.41, 5.74) is 2.72. The fraction of sp³-hybridized carbons (Fsp3) is 0.133. The molecule has 3 rings (SSSR count). The van der Waals surface area contributed by atoms with Gasteiger partial charge in [-0.3, -0.25) is 10.3 Å². The van der Waals surface area contributed by atoms with Crippen LogP contribution in [0.1, 0.15) is 12.6 Å². The maximum Gasteiger partial charge on any atom is 0.321 e. The highest BCUT2D eigenvalue weighted by Crippen LogP contribution is 2.21. The van der Waals surface area contributed by atoms with Crippen LogP contribution in [0.15, 0.2) is 41.8 Å². The van der Waals surface area contributed by atoms with Crippen LogP contribution in [0.25, 0.3) is 16.8 Å². The summed E-state index contributed by atoms with van der Waals surface area (Å²) in [4.78, 5) is 20.0. The van der Waals surface area contributed by atoms with E-state index in [0.29, 0.717) is 17.9 Å². The second-order valence-electron chi connectivity index (χ2n) is 4.85. The molecule has 0 spiro atoms. The molecule has 0 radical (unpaired) electrons. The number of carbonyl (C=O) groups is 1. The molecule has 0 aliphatic heterocycles. The number of amides is 2. The van der Waals surface area contributed by atoms with Crippen LogP contribution in [0, 0.1) is 0 Å². The molecule has 24 heavy (non-hydrogen) atoms. The predicted octanol–water partition coefficient (Wildman–Crippen LogP) is 1.74. The first kappa shape index (κ1) is 15.4. The van der Waals surface area contributed by atoms with Crippen molar-refractivity contribution in [1.29, 1.82) is 0 Å². The number of carbonyl (C=O) groups excluding carboxylic acids is 1. The van der Waals surface area contributed by atoms with Crippen LogP contribution >= 0.6 is 0 Å². The molecule has 0 aromatic carbocycles. The van der Waals surface area contributed by atoms with Gasteiger partial charge in [-0.1, -0.05) is 11.2 Å². The summed E-state index contributed by atoms with van der Waals surface area (Å²) >= 11 is 0. The summed E-state index contributed by atoms with van der Waals surface area (Å²) < 4.78 is 1.47. The quantitative estimate of drug-likeness (QED) is 0.384. The average Bonchev–Trinajstić information content (AvgIpc) is 2.98. The van der Waals surface area contributed by atoms with Crippen molar-refractivity contribution in [3.05, 3.63) is 42.4 Å². The van der Waals surface area contributed by atoms with E-state index >= 15 is 0 Å². The fourth-order valence-corrected chi connectivity index (χ4v) is 2.22. The standard InChI is InChI=1S/C15H15N7O2/c1-2-17-15(23)20-14-19-13-7-11(10-4-3-5-16-8-10)6-12(9-18-24)22(13)21-14/h3-9,24H,2H2,1H3,(H2,17,20,21,23)/b18-9+. The van der Waals surface area contributed by atoms with E-state index in [1.165, 1.54) is 10.7 Å². The van der Waals surface area contributed by atoms with Gasteiger partial charge in [0.1, 0.15) is 0 Å². The Hall–Kier alpha value is -3.49. The van der Waals surface area contributed by atoms with Gasteiger partial charge in [-0.2, -0.15) is 4.98 Å². The second-order valence-corrected chi connectivity index (χ2v) is 4.85. The van der Waals surface area contributed by atoms with E-state index in [-0.39, 0.29) is 5.95 Å². The number of urea groups is 1. The molecular weight excluding hydrogens is 310 g/mol. The Labute approximate surface area is 137 Å². The van der Waals surface area contributed by atoms with E-state index in [0.717, 1.165) is 11.1 Å². The molecule has 3 N–H and O–H groups in total. The van der Waals surface area contributed by atoms with E-state index in [9.17, 15) is 4.79 Å². The minimum atomic E-state index is -0.390. The number of nitrogens with zero attached hydrogens (tertiary/aromatic N) is 5. The van der Waals surface area contributed by atoms with Crippen molar-refractivity contribution in [2.75, 3.05) is 11.9 Å². The van der Waals surface area contributed by atoms with Gasteiger partial charge in [0.15, 0.2) is 5.65 Å². The fourth-order valence-electron chi connectivity index (χ4n) is 2.22. The van der Waals surface area contributed by atoms with Crippen molar-refractivity contribution >= 4 is 23.8 Å². The van der Waals surface area contributed by atoms with Gasteiger partial charge in [0.05, 0.1) is 11.9 Å². The number of aromatic nitrogens is 4. The van der Waals surface area contributed by atoms with Crippen LogP contribution in [0.4, 0.5) is 10.7 Å². The molecular formula is C15H15N7O2. The van der Waals surface area contributed by atoms with Gasteiger partial charge in [0, 0.05) is 24.5 Å². The first-order valence-electron chi connectivity index (χ1n) is 7.24. The lowest BCUT2D eigenvalue weighted by Crippen LogP contribution is -2.28. The third-order valence-corrected chi connectivity index (χ3v) is 3.21. The molecule has 0 aliphatic carbocycles. The molecule has 3 aromatic heterocycles.